The summed E-state index contributed by atoms with van der Waals surface area (Å²) in [6.07, 6.45) is 1.70. The third-order valence-corrected chi connectivity index (χ3v) is 4.92. The van der Waals surface area contributed by atoms with E-state index in [1.807, 2.05) is 13.8 Å². The number of carboxylic acid groups (broad SMARTS) is 1. The molecule has 0 heterocycles. The van der Waals surface area contributed by atoms with Crippen LogP contribution in [0.1, 0.15) is 52.2 Å². The van der Waals surface area contributed by atoms with Gasteiger partial charge in [-0.25, -0.2) is 13.1 Å². The Hall–Kier alpha value is -1.93. The van der Waals surface area contributed by atoms with Crippen molar-refractivity contribution in [1.82, 2.24) is 4.72 Å². The van der Waals surface area contributed by atoms with Gasteiger partial charge >= 0.3 is 11.9 Å². The number of hydrogen-bond donors (Lipinski definition) is 2. The zero-order valence-corrected chi connectivity index (χ0v) is 18.9. The summed E-state index contributed by atoms with van der Waals surface area (Å²) in [5.41, 5.74) is 0.848. The number of nitrogens with one attached hydrogen (secondary N) is 1. The lowest BCUT2D eigenvalue weighted by atomic mass is 9.81. The first-order valence-corrected chi connectivity index (χ1v) is 11.5. The van der Waals surface area contributed by atoms with Crippen molar-refractivity contribution in [2.45, 2.75) is 59.6 Å². The number of aliphatic carboxylic acids is 1. The molecular formula is C21H33NO6S. The summed E-state index contributed by atoms with van der Waals surface area (Å²) in [6, 6.07) is 7.09. The maximum absolute atomic E-state index is 12.8. The molecule has 2 unspecified atom stereocenters. The van der Waals surface area contributed by atoms with Crippen molar-refractivity contribution >= 4 is 22.0 Å². The van der Waals surface area contributed by atoms with Crippen molar-refractivity contribution in [3.8, 4) is 0 Å². The number of carbonyl (C=O) groups is 2. The molecule has 1 aromatic rings. The molecule has 1 aromatic carbocycles. The largest absolute Gasteiger partial charge is 0.481 e. The highest BCUT2D eigenvalue weighted by Crippen LogP contribution is 2.28. The molecule has 0 radical (unpaired) electrons. The highest BCUT2D eigenvalue weighted by Gasteiger charge is 2.37. The van der Waals surface area contributed by atoms with Gasteiger partial charge in [0.05, 0.1) is 18.1 Å². The number of carbonyl (C=O) groups excluding carboxylic acids is 1. The lowest BCUT2D eigenvalue weighted by Gasteiger charge is -2.28. The summed E-state index contributed by atoms with van der Waals surface area (Å²) >= 11 is 0. The van der Waals surface area contributed by atoms with Crippen molar-refractivity contribution in [3.63, 3.8) is 0 Å². The number of rotatable bonds is 10. The molecule has 0 aromatic heterocycles. The van der Waals surface area contributed by atoms with Gasteiger partial charge in [-0.1, -0.05) is 38.1 Å². The molecule has 29 heavy (non-hydrogen) atoms. The minimum absolute atomic E-state index is 0.116. The first-order chi connectivity index (χ1) is 13.2. The minimum Gasteiger partial charge on any atom is -0.481 e. The molecule has 2 atom stereocenters. The first kappa shape index (κ1) is 25.1. The van der Waals surface area contributed by atoms with Gasteiger partial charge < -0.3 is 9.84 Å². The van der Waals surface area contributed by atoms with E-state index in [0.717, 1.165) is 17.4 Å². The summed E-state index contributed by atoms with van der Waals surface area (Å²) in [7, 11) is -3.29. The highest BCUT2D eigenvalue weighted by molar-refractivity contribution is 7.88. The fourth-order valence-electron chi connectivity index (χ4n) is 2.97. The Morgan fingerprint density at radius 3 is 2.00 bits per heavy atom. The van der Waals surface area contributed by atoms with Gasteiger partial charge in [-0.05, 0) is 50.7 Å². The predicted molar refractivity (Wildman–Crippen MR) is 112 cm³/mol. The van der Waals surface area contributed by atoms with Gasteiger partial charge in [-0.2, -0.15) is 0 Å². The van der Waals surface area contributed by atoms with Crippen LogP contribution in [0, 0.1) is 17.8 Å². The quantitative estimate of drug-likeness (QED) is 0.556. The van der Waals surface area contributed by atoms with E-state index in [0.29, 0.717) is 6.42 Å². The lowest BCUT2D eigenvalue weighted by Crippen LogP contribution is -2.37. The Kier molecular flexibility index (Phi) is 8.84. The molecule has 0 saturated heterocycles. The van der Waals surface area contributed by atoms with Crippen molar-refractivity contribution < 1.29 is 27.9 Å². The fourth-order valence-corrected chi connectivity index (χ4v) is 3.40. The third kappa shape index (κ3) is 9.89. The molecule has 7 nitrogen and oxygen atoms in total. The molecule has 0 amide bonds. The molecule has 2 N–H and O–H groups in total. The van der Waals surface area contributed by atoms with Gasteiger partial charge in [0.1, 0.15) is 5.60 Å². The van der Waals surface area contributed by atoms with Crippen LogP contribution >= 0.6 is 0 Å². The van der Waals surface area contributed by atoms with Crippen LogP contribution in [-0.4, -0.2) is 37.3 Å². The van der Waals surface area contributed by atoms with E-state index in [4.69, 9.17) is 4.74 Å². The van der Waals surface area contributed by atoms with E-state index in [9.17, 15) is 23.1 Å². The van der Waals surface area contributed by atoms with Crippen molar-refractivity contribution in [3.05, 3.63) is 35.4 Å². The Labute approximate surface area is 173 Å². The zero-order valence-electron chi connectivity index (χ0n) is 18.1. The van der Waals surface area contributed by atoms with E-state index >= 15 is 0 Å². The van der Waals surface area contributed by atoms with E-state index in [1.54, 1.807) is 45.0 Å². The van der Waals surface area contributed by atoms with Crippen LogP contribution in [0.25, 0.3) is 0 Å². The maximum Gasteiger partial charge on any atom is 0.310 e. The Bertz CT molecular complexity index is 793. The molecule has 0 aliphatic rings. The molecule has 0 aliphatic heterocycles. The molecule has 0 aliphatic carbocycles. The Morgan fingerprint density at radius 2 is 1.59 bits per heavy atom. The van der Waals surface area contributed by atoms with Crippen LogP contribution in [0.2, 0.25) is 0 Å². The topological polar surface area (TPSA) is 110 Å². The van der Waals surface area contributed by atoms with Crippen LogP contribution < -0.4 is 4.72 Å². The van der Waals surface area contributed by atoms with Crippen LogP contribution in [-0.2, 0) is 37.3 Å². The zero-order chi connectivity index (χ0) is 22.4. The van der Waals surface area contributed by atoms with Crippen molar-refractivity contribution in [2.75, 3.05) is 6.26 Å². The first-order valence-electron chi connectivity index (χ1n) is 9.66. The lowest BCUT2D eigenvalue weighted by molar-refractivity contribution is -0.167. The number of hydrogen-bond acceptors (Lipinski definition) is 5. The minimum atomic E-state index is -3.29. The van der Waals surface area contributed by atoms with Crippen molar-refractivity contribution in [2.24, 2.45) is 17.8 Å². The Balaban J connectivity index is 3.06. The van der Waals surface area contributed by atoms with Crippen LogP contribution in [0.4, 0.5) is 0 Å². The van der Waals surface area contributed by atoms with Crippen LogP contribution in [0.15, 0.2) is 24.3 Å². The summed E-state index contributed by atoms with van der Waals surface area (Å²) in [6.45, 7) is 9.27. The second-order valence-corrected chi connectivity index (χ2v) is 10.7. The van der Waals surface area contributed by atoms with Gasteiger partial charge in [0.25, 0.3) is 0 Å². The Morgan fingerprint density at radius 1 is 1.07 bits per heavy atom. The van der Waals surface area contributed by atoms with Crippen LogP contribution in [0.3, 0.4) is 0 Å². The molecule has 164 valence electrons. The molecule has 0 saturated carbocycles. The fraction of sp³-hybridized carbons (Fsp3) is 0.619. The summed E-state index contributed by atoms with van der Waals surface area (Å²) in [5, 5.41) is 9.74. The van der Waals surface area contributed by atoms with E-state index in [2.05, 4.69) is 4.72 Å². The molecular weight excluding hydrogens is 394 g/mol. The SMILES string of the molecule is CC(C)CC(C(=O)O)C(Cc1ccc(CNS(C)(=O)=O)cc1)C(=O)OC(C)(C)C. The standard InChI is InChI=1S/C21H33NO6S/c1-14(2)11-17(19(23)24)18(20(25)28-21(3,4)5)12-15-7-9-16(10-8-15)13-22-29(6,26)27/h7-10,14,17-18,22H,11-13H2,1-6H3,(H,23,24). The average molecular weight is 428 g/mol. The monoisotopic (exact) mass is 427 g/mol. The molecule has 0 bridgehead atoms. The number of sulfonamides is 1. The number of benzene rings is 1. The average Bonchev–Trinajstić information content (AvgIpc) is 2.54. The van der Waals surface area contributed by atoms with E-state index in [-0.39, 0.29) is 18.9 Å². The van der Waals surface area contributed by atoms with E-state index in [1.165, 1.54) is 0 Å². The smallest absolute Gasteiger partial charge is 0.310 e. The van der Waals surface area contributed by atoms with Gasteiger partial charge in [-0.3, -0.25) is 9.59 Å². The third-order valence-electron chi connectivity index (χ3n) is 4.25. The van der Waals surface area contributed by atoms with E-state index < -0.39 is 39.4 Å². The second kappa shape index (κ2) is 10.2. The number of carboxylic acids is 1. The second-order valence-electron chi connectivity index (χ2n) is 8.83. The normalized spacial score (nSPS) is 14.4. The number of esters is 1. The molecule has 1 rings (SSSR count). The molecule has 0 fully saturated rings. The van der Waals surface area contributed by atoms with Crippen LogP contribution in [0.5, 0.6) is 0 Å². The molecule has 0 spiro atoms. The summed E-state index contributed by atoms with van der Waals surface area (Å²) in [5.74, 6) is -3.08. The highest BCUT2D eigenvalue weighted by atomic mass is 32.2. The predicted octanol–water partition coefficient (Wildman–Crippen LogP) is 2.98. The maximum atomic E-state index is 12.8. The number of ether oxygens (including phenoxy) is 1. The molecule has 8 heteroatoms. The van der Waals surface area contributed by atoms with Gasteiger partial charge in [0.15, 0.2) is 0 Å². The van der Waals surface area contributed by atoms with Crippen molar-refractivity contribution in [1.29, 1.82) is 0 Å². The van der Waals surface area contributed by atoms with Gasteiger partial charge in [0, 0.05) is 6.54 Å². The summed E-state index contributed by atoms with van der Waals surface area (Å²) in [4.78, 5) is 24.7. The van der Waals surface area contributed by atoms with Gasteiger partial charge in [0.2, 0.25) is 10.0 Å². The summed E-state index contributed by atoms with van der Waals surface area (Å²) < 4.78 is 30.4. The van der Waals surface area contributed by atoms with Gasteiger partial charge in [-0.15, -0.1) is 0 Å².